The van der Waals surface area contributed by atoms with Crippen LogP contribution >= 0.6 is 11.6 Å². The van der Waals surface area contributed by atoms with Crippen LogP contribution in [0.3, 0.4) is 0 Å². The van der Waals surface area contributed by atoms with Crippen LogP contribution in [0.15, 0.2) is 16.8 Å². The van der Waals surface area contributed by atoms with Crippen LogP contribution < -0.4 is 5.32 Å². The van der Waals surface area contributed by atoms with E-state index in [1.165, 1.54) is 12.3 Å². The van der Waals surface area contributed by atoms with Crippen LogP contribution in [0.4, 0.5) is 5.82 Å². The Morgan fingerprint density at radius 1 is 1.61 bits per heavy atom. The molecule has 2 aromatic rings. The minimum Gasteiger partial charge on any atom is -0.478 e. The predicted octanol–water partition coefficient (Wildman–Crippen LogP) is 1.74. The number of anilines is 1. The van der Waals surface area contributed by atoms with E-state index in [4.69, 9.17) is 21.2 Å². The maximum absolute atomic E-state index is 10.9. The van der Waals surface area contributed by atoms with Crippen molar-refractivity contribution in [3.05, 3.63) is 34.6 Å². The number of nitrogens with one attached hydrogen (secondary N) is 1. The van der Waals surface area contributed by atoms with Crippen LogP contribution in [0.25, 0.3) is 0 Å². The summed E-state index contributed by atoms with van der Waals surface area (Å²) < 4.78 is 4.89. The quantitative estimate of drug-likeness (QED) is 0.871. The molecule has 2 rings (SSSR count). The molecule has 0 spiro atoms. The molecule has 0 saturated heterocycles. The molecule has 94 valence electrons. The Morgan fingerprint density at radius 3 is 3.00 bits per heavy atom. The third kappa shape index (κ3) is 2.57. The highest BCUT2D eigenvalue weighted by atomic mass is 35.5. The minimum atomic E-state index is -1.11. The van der Waals surface area contributed by atoms with Gasteiger partial charge in [-0.05, 0) is 13.0 Å². The van der Waals surface area contributed by atoms with Gasteiger partial charge in [0.1, 0.15) is 5.82 Å². The highest BCUT2D eigenvalue weighted by Gasteiger charge is 2.13. The van der Waals surface area contributed by atoms with Gasteiger partial charge in [-0.2, -0.15) is 4.98 Å². The lowest BCUT2D eigenvalue weighted by Crippen LogP contribution is -2.06. The van der Waals surface area contributed by atoms with Gasteiger partial charge in [0.05, 0.1) is 17.1 Å². The fraction of sp³-hybridized carbons (Fsp3) is 0.200. The van der Waals surface area contributed by atoms with Crippen molar-refractivity contribution in [2.24, 2.45) is 0 Å². The minimum absolute atomic E-state index is 0.0177. The molecule has 0 aliphatic heterocycles. The van der Waals surface area contributed by atoms with Gasteiger partial charge in [-0.15, -0.1) is 0 Å². The smallest absolute Gasteiger partial charge is 0.337 e. The van der Waals surface area contributed by atoms with Gasteiger partial charge in [0, 0.05) is 6.20 Å². The first-order valence-electron chi connectivity index (χ1n) is 4.99. The topological polar surface area (TPSA) is 101 Å². The number of hydrogen-bond acceptors (Lipinski definition) is 6. The van der Waals surface area contributed by atoms with E-state index in [-0.39, 0.29) is 22.9 Å². The third-order valence-corrected chi connectivity index (χ3v) is 2.48. The molecule has 0 aliphatic rings. The summed E-state index contributed by atoms with van der Waals surface area (Å²) in [6.07, 6.45) is 1.36. The molecule has 0 radical (unpaired) electrons. The van der Waals surface area contributed by atoms with E-state index in [1.807, 2.05) is 0 Å². The molecule has 0 fully saturated rings. The zero-order valence-electron chi connectivity index (χ0n) is 9.35. The van der Waals surface area contributed by atoms with E-state index >= 15 is 0 Å². The van der Waals surface area contributed by atoms with Gasteiger partial charge in [0.15, 0.2) is 5.82 Å². The molecule has 8 heteroatoms. The number of aromatic carboxylic acids is 1. The van der Waals surface area contributed by atoms with E-state index in [9.17, 15) is 4.79 Å². The Bertz CT molecular complexity index is 584. The molecule has 2 aromatic heterocycles. The maximum atomic E-state index is 10.9. The number of carboxylic acids is 1. The number of pyridine rings is 1. The summed E-state index contributed by atoms with van der Waals surface area (Å²) in [5, 5.41) is 15.4. The van der Waals surface area contributed by atoms with Gasteiger partial charge in [-0.3, -0.25) is 0 Å². The number of aryl methyl sites for hydroxylation is 1. The number of rotatable bonds is 4. The number of aromatic nitrogens is 3. The van der Waals surface area contributed by atoms with E-state index < -0.39 is 5.97 Å². The largest absolute Gasteiger partial charge is 0.478 e. The summed E-state index contributed by atoms with van der Waals surface area (Å²) >= 11 is 5.90. The molecule has 0 amide bonds. The van der Waals surface area contributed by atoms with Gasteiger partial charge < -0.3 is 14.9 Å². The summed E-state index contributed by atoms with van der Waals surface area (Å²) in [5.74, 6) is 0.0303. The number of carbonyl (C=O) groups is 1. The molecule has 2 heterocycles. The predicted molar refractivity (Wildman–Crippen MR) is 62.6 cm³/mol. The average molecular weight is 269 g/mol. The zero-order valence-corrected chi connectivity index (χ0v) is 10.1. The highest BCUT2D eigenvalue weighted by molar-refractivity contribution is 6.35. The second-order valence-electron chi connectivity index (χ2n) is 3.42. The van der Waals surface area contributed by atoms with Gasteiger partial charge >= 0.3 is 5.97 Å². The summed E-state index contributed by atoms with van der Waals surface area (Å²) in [4.78, 5) is 18.8. The lowest BCUT2D eigenvalue weighted by Gasteiger charge is -2.06. The summed E-state index contributed by atoms with van der Waals surface area (Å²) in [6, 6.07) is 1.33. The van der Waals surface area contributed by atoms with Crippen LogP contribution in [0.2, 0.25) is 5.02 Å². The average Bonchev–Trinajstić information content (AvgIpc) is 2.73. The maximum Gasteiger partial charge on any atom is 0.337 e. The van der Waals surface area contributed by atoms with Crippen LogP contribution in [0.5, 0.6) is 0 Å². The Kier molecular flexibility index (Phi) is 3.42. The van der Waals surface area contributed by atoms with Crippen molar-refractivity contribution in [1.82, 2.24) is 15.1 Å². The Hall–Kier alpha value is -2.15. The molecule has 18 heavy (non-hydrogen) atoms. The molecular formula is C10H9ClN4O3. The van der Waals surface area contributed by atoms with Crippen LogP contribution in [0.1, 0.15) is 22.1 Å². The molecule has 0 aliphatic carbocycles. The van der Waals surface area contributed by atoms with Gasteiger partial charge in [-0.25, -0.2) is 9.78 Å². The van der Waals surface area contributed by atoms with E-state index in [0.29, 0.717) is 11.7 Å². The molecule has 2 N–H and O–H groups in total. The van der Waals surface area contributed by atoms with Crippen molar-refractivity contribution in [3.8, 4) is 0 Å². The van der Waals surface area contributed by atoms with E-state index in [2.05, 4.69) is 20.4 Å². The summed E-state index contributed by atoms with van der Waals surface area (Å²) in [5.41, 5.74) is -0.0177. The number of carboxylic acid groups (broad SMARTS) is 1. The number of halogens is 1. The molecular weight excluding hydrogens is 260 g/mol. The lowest BCUT2D eigenvalue weighted by molar-refractivity contribution is 0.0697. The summed E-state index contributed by atoms with van der Waals surface area (Å²) in [6.45, 7) is 1.92. The Balaban J connectivity index is 2.14. The number of hydrogen-bond donors (Lipinski definition) is 2. The van der Waals surface area contributed by atoms with Crippen LogP contribution in [0, 0.1) is 6.92 Å². The zero-order chi connectivity index (χ0) is 13.1. The van der Waals surface area contributed by atoms with Crippen molar-refractivity contribution in [2.45, 2.75) is 13.5 Å². The van der Waals surface area contributed by atoms with Crippen LogP contribution in [-0.4, -0.2) is 26.2 Å². The second kappa shape index (κ2) is 5.01. The van der Waals surface area contributed by atoms with E-state index in [0.717, 1.165) is 0 Å². The molecule has 7 nitrogen and oxygen atoms in total. The summed E-state index contributed by atoms with van der Waals surface area (Å²) in [7, 11) is 0. The highest BCUT2D eigenvalue weighted by Crippen LogP contribution is 2.23. The van der Waals surface area contributed by atoms with Crippen molar-refractivity contribution in [1.29, 1.82) is 0 Å². The Morgan fingerprint density at radius 2 is 2.39 bits per heavy atom. The van der Waals surface area contributed by atoms with Crippen molar-refractivity contribution < 1.29 is 14.4 Å². The normalized spacial score (nSPS) is 10.3. The monoisotopic (exact) mass is 268 g/mol. The molecule has 0 unspecified atom stereocenters. The first kappa shape index (κ1) is 12.3. The fourth-order valence-corrected chi connectivity index (χ4v) is 1.56. The number of nitrogens with zero attached hydrogens (tertiary/aromatic N) is 3. The molecule has 0 bridgehead atoms. The SMILES string of the molecule is Cc1noc(CNc2nccc(C(=O)O)c2Cl)n1. The standard InChI is InChI=1S/C10H9ClN4O3/c1-5-14-7(18-15-5)4-13-9-8(11)6(10(16)17)2-3-12-9/h2-3H,4H2,1H3,(H,12,13)(H,16,17). The van der Waals surface area contributed by atoms with Crippen molar-refractivity contribution >= 4 is 23.4 Å². The van der Waals surface area contributed by atoms with Crippen molar-refractivity contribution in [2.75, 3.05) is 5.32 Å². The second-order valence-corrected chi connectivity index (χ2v) is 3.79. The molecule has 0 atom stereocenters. The van der Waals surface area contributed by atoms with Gasteiger partial charge in [-0.1, -0.05) is 16.8 Å². The third-order valence-electron chi connectivity index (χ3n) is 2.10. The first-order valence-corrected chi connectivity index (χ1v) is 5.36. The lowest BCUT2D eigenvalue weighted by atomic mass is 10.2. The fourth-order valence-electron chi connectivity index (χ4n) is 1.30. The Labute approximate surface area is 107 Å². The van der Waals surface area contributed by atoms with Gasteiger partial charge in [0.25, 0.3) is 0 Å². The van der Waals surface area contributed by atoms with Gasteiger partial charge in [0.2, 0.25) is 5.89 Å². The van der Waals surface area contributed by atoms with Crippen LogP contribution in [-0.2, 0) is 6.54 Å². The van der Waals surface area contributed by atoms with E-state index in [1.54, 1.807) is 6.92 Å². The molecule has 0 saturated carbocycles. The van der Waals surface area contributed by atoms with Crippen molar-refractivity contribution in [3.63, 3.8) is 0 Å². The molecule has 0 aromatic carbocycles. The first-order chi connectivity index (χ1) is 8.58.